The first-order chi connectivity index (χ1) is 12.8. The van der Waals surface area contributed by atoms with Crippen LogP contribution in [0.4, 0.5) is 0 Å². The number of benzene rings is 2. The van der Waals surface area contributed by atoms with Gasteiger partial charge in [-0.3, -0.25) is 9.59 Å². The van der Waals surface area contributed by atoms with Gasteiger partial charge in [0.1, 0.15) is 4.90 Å². The van der Waals surface area contributed by atoms with Gasteiger partial charge in [0, 0.05) is 13.0 Å². The van der Waals surface area contributed by atoms with Gasteiger partial charge in [-0.2, -0.15) is 0 Å². The summed E-state index contributed by atoms with van der Waals surface area (Å²) in [7, 11) is -3.81. The molecule has 0 spiro atoms. The zero-order valence-electron chi connectivity index (χ0n) is 15.3. The number of aryl methyl sites for hydroxylation is 1. The minimum Gasteiger partial charge on any atom is -0.350 e. The van der Waals surface area contributed by atoms with Crippen molar-refractivity contribution >= 4 is 21.8 Å². The molecule has 0 saturated heterocycles. The quantitative estimate of drug-likeness (QED) is 0.827. The summed E-state index contributed by atoms with van der Waals surface area (Å²) in [6, 6.07) is 13.9. The van der Waals surface area contributed by atoms with Gasteiger partial charge in [-0.1, -0.05) is 42.0 Å². The number of carbonyl (C=O) groups is 2. The van der Waals surface area contributed by atoms with Crippen molar-refractivity contribution in [1.29, 1.82) is 0 Å². The summed E-state index contributed by atoms with van der Waals surface area (Å²) >= 11 is 0. The van der Waals surface area contributed by atoms with Crippen molar-refractivity contribution in [3.8, 4) is 0 Å². The molecule has 2 aromatic carbocycles. The van der Waals surface area contributed by atoms with E-state index in [1.165, 1.54) is 12.1 Å². The van der Waals surface area contributed by atoms with E-state index in [9.17, 15) is 18.0 Å². The van der Waals surface area contributed by atoms with Crippen LogP contribution in [0.2, 0.25) is 0 Å². The number of nitrogens with one attached hydrogen (secondary N) is 1. The normalized spacial score (nSPS) is 16.1. The average Bonchev–Trinajstić information content (AvgIpc) is 2.83. The molecule has 0 aromatic heterocycles. The molecule has 0 bridgehead atoms. The fourth-order valence-electron chi connectivity index (χ4n) is 3.09. The summed E-state index contributed by atoms with van der Waals surface area (Å²) in [5.41, 5.74) is 2.34. The molecule has 1 aliphatic rings. The third-order valence-electron chi connectivity index (χ3n) is 4.63. The first-order valence-electron chi connectivity index (χ1n) is 8.83. The molecule has 0 unspecified atom stereocenters. The molecule has 0 aliphatic carbocycles. The average molecular weight is 386 g/mol. The van der Waals surface area contributed by atoms with E-state index in [4.69, 9.17) is 0 Å². The van der Waals surface area contributed by atoms with Crippen molar-refractivity contribution in [2.75, 3.05) is 6.54 Å². The molecule has 0 saturated carbocycles. The minimum absolute atomic E-state index is 0.0117. The molecule has 142 valence electrons. The minimum atomic E-state index is -3.81. The Balaban J connectivity index is 1.55. The lowest BCUT2D eigenvalue weighted by Crippen LogP contribution is -2.32. The lowest BCUT2D eigenvalue weighted by atomic mass is 10.1. The second kappa shape index (κ2) is 7.52. The van der Waals surface area contributed by atoms with Crippen molar-refractivity contribution in [3.63, 3.8) is 0 Å². The first-order valence-corrected chi connectivity index (χ1v) is 10.3. The molecule has 1 aliphatic heterocycles. The van der Waals surface area contributed by atoms with Gasteiger partial charge in [-0.25, -0.2) is 12.7 Å². The van der Waals surface area contributed by atoms with E-state index in [1.807, 2.05) is 38.1 Å². The molecule has 0 fully saturated rings. The van der Waals surface area contributed by atoms with E-state index in [-0.39, 0.29) is 41.8 Å². The molecule has 2 aromatic rings. The summed E-state index contributed by atoms with van der Waals surface area (Å²) in [6.45, 7) is 3.88. The smallest absolute Gasteiger partial charge is 0.269 e. The van der Waals surface area contributed by atoms with Crippen molar-refractivity contribution < 1.29 is 18.0 Å². The standard InChI is InChI=1S/C20H22N2O4S/c1-14-9-11-16(12-10-14)15(2)21-19(23)8-5-13-22-20(24)17-6-3-4-7-18(17)27(22,25)26/h3-4,6-7,9-12,15H,5,8,13H2,1-2H3,(H,21,23)/t15-/m1/s1. The van der Waals surface area contributed by atoms with E-state index in [1.54, 1.807) is 12.1 Å². The van der Waals surface area contributed by atoms with Crippen LogP contribution in [0.25, 0.3) is 0 Å². The number of hydrogen-bond acceptors (Lipinski definition) is 4. The Bertz CT molecular complexity index is 968. The van der Waals surface area contributed by atoms with E-state index in [0.717, 1.165) is 15.4 Å². The Morgan fingerprint density at radius 1 is 1.11 bits per heavy atom. The third-order valence-corrected chi connectivity index (χ3v) is 6.47. The van der Waals surface area contributed by atoms with Gasteiger partial charge in [-0.05, 0) is 38.0 Å². The maximum absolute atomic E-state index is 12.5. The number of carbonyl (C=O) groups excluding carboxylic acids is 2. The van der Waals surface area contributed by atoms with Gasteiger partial charge in [-0.15, -0.1) is 0 Å². The summed E-state index contributed by atoms with van der Waals surface area (Å²) in [6.07, 6.45) is 0.414. The molecule has 1 atom stereocenters. The molecule has 1 N–H and O–H groups in total. The van der Waals surface area contributed by atoms with E-state index in [0.29, 0.717) is 0 Å². The van der Waals surface area contributed by atoms with Gasteiger partial charge in [0.15, 0.2) is 0 Å². The predicted molar refractivity (Wildman–Crippen MR) is 102 cm³/mol. The lowest BCUT2D eigenvalue weighted by Gasteiger charge is -2.17. The van der Waals surface area contributed by atoms with E-state index < -0.39 is 15.9 Å². The number of hydrogen-bond donors (Lipinski definition) is 1. The summed E-state index contributed by atoms with van der Waals surface area (Å²) in [4.78, 5) is 24.5. The highest BCUT2D eigenvalue weighted by atomic mass is 32.2. The topological polar surface area (TPSA) is 83.6 Å². The Morgan fingerprint density at radius 2 is 1.78 bits per heavy atom. The predicted octanol–water partition coefficient (Wildman–Crippen LogP) is 2.80. The van der Waals surface area contributed by atoms with Crippen LogP contribution in [0.5, 0.6) is 0 Å². The number of nitrogens with zero attached hydrogens (tertiary/aromatic N) is 1. The Hall–Kier alpha value is -2.67. The third kappa shape index (κ3) is 3.88. The van der Waals surface area contributed by atoms with Gasteiger partial charge in [0.2, 0.25) is 5.91 Å². The highest BCUT2D eigenvalue weighted by Gasteiger charge is 2.40. The fourth-order valence-corrected chi connectivity index (χ4v) is 4.69. The van der Waals surface area contributed by atoms with Crippen LogP contribution in [0.3, 0.4) is 0 Å². The van der Waals surface area contributed by atoms with Crippen LogP contribution in [0, 0.1) is 6.92 Å². The molecule has 3 rings (SSSR count). The zero-order chi connectivity index (χ0) is 19.6. The highest BCUT2D eigenvalue weighted by molar-refractivity contribution is 7.90. The van der Waals surface area contributed by atoms with Gasteiger partial charge in [0.05, 0.1) is 11.6 Å². The van der Waals surface area contributed by atoms with Gasteiger partial charge < -0.3 is 5.32 Å². The fraction of sp³-hybridized carbons (Fsp3) is 0.300. The molecular weight excluding hydrogens is 364 g/mol. The van der Waals surface area contributed by atoms with Crippen LogP contribution >= 0.6 is 0 Å². The number of fused-ring (bicyclic) bond motifs is 1. The second-order valence-electron chi connectivity index (χ2n) is 6.68. The summed E-state index contributed by atoms with van der Waals surface area (Å²) < 4.78 is 25.8. The molecular formula is C20H22N2O4S. The highest BCUT2D eigenvalue weighted by Crippen LogP contribution is 2.30. The van der Waals surface area contributed by atoms with E-state index >= 15 is 0 Å². The Morgan fingerprint density at radius 3 is 2.44 bits per heavy atom. The molecule has 6 nitrogen and oxygen atoms in total. The zero-order valence-corrected chi connectivity index (χ0v) is 16.1. The Kier molecular flexibility index (Phi) is 5.32. The lowest BCUT2D eigenvalue weighted by molar-refractivity contribution is -0.121. The first kappa shape index (κ1) is 19.1. The summed E-state index contributed by atoms with van der Waals surface area (Å²) in [5, 5.41) is 2.90. The van der Waals surface area contributed by atoms with Crippen molar-refractivity contribution in [1.82, 2.24) is 9.62 Å². The molecule has 0 radical (unpaired) electrons. The number of amides is 2. The maximum Gasteiger partial charge on any atom is 0.269 e. The number of sulfonamides is 1. The van der Waals surface area contributed by atoms with Crippen molar-refractivity contribution in [2.24, 2.45) is 0 Å². The SMILES string of the molecule is Cc1ccc([C@@H](C)NC(=O)CCCN2C(=O)c3ccccc3S2(=O)=O)cc1. The number of rotatable bonds is 6. The van der Waals surface area contributed by atoms with Crippen LogP contribution in [0.1, 0.15) is 47.3 Å². The van der Waals surface area contributed by atoms with E-state index in [2.05, 4.69) is 5.32 Å². The maximum atomic E-state index is 12.5. The van der Waals surface area contributed by atoms with Crippen molar-refractivity contribution in [3.05, 3.63) is 65.2 Å². The summed E-state index contributed by atoms with van der Waals surface area (Å²) in [5.74, 6) is -0.705. The van der Waals surface area contributed by atoms with Crippen LogP contribution < -0.4 is 5.32 Å². The molecule has 1 heterocycles. The van der Waals surface area contributed by atoms with Crippen LogP contribution in [0.15, 0.2) is 53.4 Å². The monoisotopic (exact) mass is 386 g/mol. The Labute approximate surface area is 159 Å². The van der Waals surface area contributed by atoms with Crippen LogP contribution in [-0.2, 0) is 14.8 Å². The van der Waals surface area contributed by atoms with Gasteiger partial charge >= 0.3 is 0 Å². The molecule has 7 heteroatoms. The van der Waals surface area contributed by atoms with Crippen molar-refractivity contribution in [2.45, 2.75) is 37.6 Å². The second-order valence-corrected chi connectivity index (χ2v) is 8.51. The van der Waals surface area contributed by atoms with Crippen LogP contribution in [-0.4, -0.2) is 31.1 Å². The largest absolute Gasteiger partial charge is 0.350 e. The molecule has 27 heavy (non-hydrogen) atoms. The van der Waals surface area contributed by atoms with Gasteiger partial charge in [0.25, 0.3) is 15.9 Å². The molecule has 2 amide bonds.